The number of hydrogen-bond acceptors (Lipinski definition) is 4. The van der Waals surface area contributed by atoms with E-state index in [0.29, 0.717) is 24.4 Å². The zero-order valence-corrected chi connectivity index (χ0v) is 12.4. The van der Waals surface area contributed by atoms with E-state index in [2.05, 4.69) is 16.0 Å². The van der Waals surface area contributed by atoms with Crippen molar-refractivity contribution in [3.8, 4) is 0 Å². The van der Waals surface area contributed by atoms with E-state index in [1.54, 1.807) is 42.7 Å². The van der Waals surface area contributed by atoms with E-state index >= 15 is 0 Å². The molecule has 0 bridgehead atoms. The van der Waals surface area contributed by atoms with Crippen molar-refractivity contribution in [2.45, 2.75) is 13.5 Å². The van der Waals surface area contributed by atoms with Crippen LogP contribution < -0.4 is 16.0 Å². The van der Waals surface area contributed by atoms with Gasteiger partial charge in [-0.15, -0.1) is 0 Å². The van der Waals surface area contributed by atoms with Crippen molar-refractivity contribution in [3.63, 3.8) is 0 Å². The molecule has 3 N–H and O–H groups in total. The molecule has 0 radical (unpaired) electrons. The standard InChI is InChI=1S/C16H19N3O3/c1-2-17-15(20)11-18-13-7-5-12(6-8-13)16(21)19-10-14-4-3-9-22-14/h3-9,18H,2,10-11H2,1H3,(H,17,20)(H,19,21). The van der Waals surface area contributed by atoms with E-state index in [9.17, 15) is 9.59 Å². The van der Waals surface area contributed by atoms with E-state index in [-0.39, 0.29) is 18.4 Å². The smallest absolute Gasteiger partial charge is 0.251 e. The van der Waals surface area contributed by atoms with Crippen molar-refractivity contribution in [1.82, 2.24) is 10.6 Å². The first-order chi connectivity index (χ1) is 10.7. The molecule has 0 atom stereocenters. The molecule has 116 valence electrons. The lowest BCUT2D eigenvalue weighted by atomic mass is 10.2. The van der Waals surface area contributed by atoms with Crippen LogP contribution in [0.5, 0.6) is 0 Å². The fourth-order valence-electron chi connectivity index (χ4n) is 1.86. The van der Waals surface area contributed by atoms with E-state index in [1.165, 1.54) is 0 Å². The molecule has 1 heterocycles. The zero-order chi connectivity index (χ0) is 15.8. The highest BCUT2D eigenvalue weighted by Crippen LogP contribution is 2.09. The van der Waals surface area contributed by atoms with Crippen molar-refractivity contribution in [2.24, 2.45) is 0 Å². The number of rotatable bonds is 7. The van der Waals surface area contributed by atoms with Crippen LogP contribution in [0, 0.1) is 0 Å². The summed E-state index contributed by atoms with van der Waals surface area (Å²) in [6.07, 6.45) is 1.57. The largest absolute Gasteiger partial charge is 0.467 e. The lowest BCUT2D eigenvalue weighted by Gasteiger charge is -2.08. The Morgan fingerprint density at radius 1 is 1.09 bits per heavy atom. The molecule has 22 heavy (non-hydrogen) atoms. The molecular formula is C16H19N3O3. The van der Waals surface area contributed by atoms with E-state index in [4.69, 9.17) is 4.42 Å². The average molecular weight is 301 g/mol. The van der Waals surface area contributed by atoms with Crippen LogP contribution in [0.2, 0.25) is 0 Å². The van der Waals surface area contributed by atoms with Crippen LogP contribution in [0.4, 0.5) is 5.69 Å². The van der Waals surface area contributed by atoms with E-state index in [0.717, 1.165) is 5.69 Å². The molecular weight excluding hydrogens is 282 g/mol. The average Bonchev–Trinajstić information content (AvgIpc) is 3.05. The SMILES string of the molecule is CCNC(=O)CNc1ccc(C(=O)NCc2ccco2)cc1. The molecule has 0 aliphatic rings. The van der Waals surface area contributed by atoms with Gasteiger partial charge in [0.15, 0.2) is 0 Å². The molecule has 6 heteroatoms. The van der Waals surface area contributed by atoms with Crippen molar-refractivity contribution in [2.75, 3.05) is 18.4 Å². The Labute approximate surface area is 128 Å². The number of hydrogen-bond donors (Lipinski definition) is 3. The predicted molar refractivity (Wildman–Crippen MR) is 83.5 cm³/mol. The van der Waals surface area contributed by atoms with Gasteiger partial charge in [0.05, 0.1) is 19.4 Å². The maximum absolute atomic E-state index is 12.0. The molecule has 2 amide bonds. The molecule has 0 aliphatic heterocycles. The monoisotopic (exact) mass is 301 g/mol. The Hall–Kier alpha value is -2.76. The summed E-state index contributed by atoms with van der Waals surface area (Å²) in [7, 11) is 0. The zero-order valence-electron chi connectivity index (χ0n) is 12.4. The van der Waals surface area contributed by atoms with Crippen molar-refractivity contribution >= 4 is 17.5 Å². The Bertz CT molecular complexity index is 606. The molecule has 0 fully saturated rings. The fourth-order valence-corrected chi connectivity index (χ4v) is 1.86. The number of carbonyl (C=O) groups excluding carboxylic acids is 2. The van der Waals surface area contributed by atoms with Gasteiger partial charge in [-0.3, -0.25) is 9.59 Å². The number of benzene rings is 1. The Morgan fingerprint density at radius 3 is 2.50 bits per heavy atom. The molecule has 1 aromatic heterocycles. The minimum absolute atomic E-state index is 0.0669. The third-order valence-corrected chi connectivity index (χ3v) is 2.98. The molecule has 2 rings (SSSR count). The molecule has 0 unspecified atom stereocenters. The van der Waals surface area contributed by atoms with Crippen LogP contribution in [-0.4, -0.2) is 24.9 Å². The highest BCUT2D eigenvalue weighted by molar-refractivity contribution is 5.94. The van der Waals surface area contributed by atoms with Gasteiger partial charge in [-0.1, -0.05) is 0 Å². The third kappa shape index (κ3) is 4.66. The van der Waals surface area contributed by atoms with Gasteiger partial charge in [0, 0.05) is 17.8 Å². The Balaban J connectivity index is 1.82. The van der Waals surface area contributed by atoms with Crippen LogP contribution in [0.1, 0.15) is 23.0 Å². The second kappa shape index (κ2) is 7.87. The Kier molecular flexibility index (Phi) is 5.59. The summed E-state index contributed by atoms with van der Waals surface area (Å²) in [6, 6.07) is 10.5. The second-order valence-electron chi connectivity index (χ2n) is 4.65. The van der Waals surface area contributed by atoms with Crippen LogP contribution in [-0.2, 0) is 11.3 Å². The topological polar surface area (TPSA) is 83.4 Å². The van der Waals surface area contributed by atoms with Gasteiger partial charge >= 0.3 is 0 Å². The molecule has 0 saturated heterocycles. The Morgan fingerprint density at radius 2 is 1.86 bits per heavy atom. The van der Waals surface area contributed by atoms with Gasteiger partial charge < -0.3 is 20.4 Å². The maximum atomic E-state index is 12.0. The number of anilines is 1. The fraction of sp³-hybridized carbons (Fsp3) is 0.250. The number of amides is 2. The number of furan rings is 1. The van der Waals surface area contributed by atoms with Gasteiger partial charge in [0.25, 0.3) is 5.91 Å². The first-order valence-electron chi connectivity index (χ1n) is 7.10. The maximum Gasteiger partial charge on any atom is 0.251 e. The van der Waals surface area contributed by atoms with Crippen LogP contribution in [0.25, 0.3) is 0 Å². The van der Waals surface area contributed by atoms with Gasteiger partial charge in [0.1, 0.15) is 5.76 Å². The van der Waals surface area contributed by atoms with Crippen LogP contribution in [0.15, 0.2) is 47.1 Å². The second-order valence-corrected chi connectivity index (χ2v) is 4.65. The highest BCUT2D eigenvalue weighted by Gasteiger charge is 2.06. The normalized spacial score (nSPS) is 10.0. The van der Waals surface area contributed by atoms with Crippen molar-refractivity contribution < 1.29 is 14.0 Å². The minimum atomic E-state index is -0.174. The lowest BCUT2D eigenvalue weighted by molar-refractivity contribution is -0.119. The summed E-state index contributed by atoms with van der Waals surface area (Å²) in [5, 5.41) is 8.46. The molecule has 6 nitrogen and oxygen atoms in total. The molecule has 0 saturated carbocycles. The summed E-state index contributed by atoms with van der Waals surface area (Å²) in [5.74, 6) is 0.461. The first-order valence-corrected chi connectivity index (χ1v) is 7.10. The number of nitrogens with one attached hydrogen (secondary N) is 3. The van der Waals surface area contributed by atoms with Crippen LogP contribution >= 0.6 is 0 Å². The molecule has 2 aromatic rings. The minimum Gasteiger partial charge on any atom is -0.467 e. The van der Waals surface area contributed by atoms with Gasteiger partial charge in [0.2, 0.25) is 5.91 Å². The predicted octanol–water partition coefficient (Wildman–Crippen LogP) is 1.76. The number of likely N-dealkylation sites (N-methyl/N-ethyl adjacent to an activating group) is 1. The van der Waals surface area contributed by atoms with Gasteiger partial charge in [-0.2, -0.15) is 0 Å². The first kappa shape index (κ1) is 15.6. The van der Waals surface area contributed by atoms with Crippen LogP contribution in [0.3, 0.4) is 0 Å². The molecule has 0 aliphatic carbocycles. The summed E-state index contributed by atoms with van der Waals surface area (Å²) in [4.78, 5) is 23.3. The van der Waals surface area contributed by atoms with Gasteiger partial charge in [-0.25, -0.2) is 0 Å². The number of carbonyl (C=O) groups is 2. The summed E-state index contributed by atoms with van der Waals surface area (Å²) >= 11 is 0. The molecule has 1 aromatic carbocycles. The summed E-state index contributed by atoms with van der Waals surface area (Å²) in [6.45, 7) is 3.03. The third-order valence-electron chi connectivity index (χ3n) is 2.98. The van der Waals surface area contributed by atoms with E-state index in [1.807, 2.05) is 6.92 Å². The molecule has 0 spiro atoms. The van der Waals surface area contributed by atoms with E-state index < -0.39 is 0 Å². The highest BCUT2D eigenvalue weighted by atomic mass is 16.3. The van der Waals surface area contributed by atoms with Crippen molar-refractivity contribution in [3.05, 3.63) is 54.0 Å². The quantitative estimate of drug-likeness (QED) is 0.727. The van der Waals surface area contributed by atoms with Crippen molar-refractivity contribution in [1.29, 1.82) is 0 Å². The summed E-state index contributed by atoms with van der Waals surface area (Å²) in [5.41, 5.74) is 1.34. The summed E-state index contributed by atoms with van der Waals surface area (Å²) < 4.78 is 5.15. The van der Waals surface area contributed by atoms with Gasteiger partial charge in [-0.05, 0) is 43.3 Å². The lowest BCUT2D eigenvalue weighted by Crippen LogP contribution is -2.29.